The summed E-state index contributed by atoms with van der Waals surface area (Å²) in [4.78, 5) is 23.0. The van der Waals surface area contributed by atoms with Crippen LogP contribution in [-0.4, -0.2) is 20.9 Å². The lowest BCUT2D eigenvalue weighted by molar-refractivity contribution is -0.121. The minimum Gasteiger partial charge on any atom is -0.347 e. The molecular weight excluding hydrogens is 228 g/mol. The first kappa shape index (κ1) is 12.3. The van der Waals surface area contributed by atoms with Crippen LogP contribution >= 0.6 is 0 Å². The molecule has 2 rings (SSSR count). The number of pyridine rings is 1. The number of imidazole rings is 1. The van der Waals surface area contributed by atoms with Gasteiger partial charge in [0.1, 0.15) is 5.82 Å². The van der Waals surface area contributed by atoms with E-state index in [1.807, 2.05) is 25.1 Å². The van der Waals surface area contributed by atoms with E-state index >= 15 is 0 Å². The van der Waals surface area contributed by atoms with E-state index in [4.69, 9.17) is 0 Å². The van der Waals surface area contributed by atoms with Gasteiger partial charge in [-0.05, 0) is 25.5 Å². The van der Waals surface area contributed by atoms with Gasteiger partial charge in [0.15, 0.2) is 0 Å². The third-order valence-corrected chi connectivity index (χ3v) is 2.64. The summed E-state index contributed by atoms with van der Waals surface area (Å²) in [5.74, 6) is 0.769. The summed E-state index contributed by atoms with van der Waals surface area (Å²) >= 11 is 0. The molecule has 0 fully saturated rings. The van der Waals surface area contributed by atoms with E-state index in [9.17, 15) is 4.79 Å². The largest absolute Gasteiger partial charge is 0.347 e. The summed E-state index contributed by atoms with van der Waals surface area (Å²) in [7, 11) is 0. The number of amides is 1. The Balaban J connectivity index is 1.79. The highest BCUT2D eigenvalue weighted by Gasteiger charge is 2.11. The molecule has 5 nitrogen and oxygen atoms in total. The van der Waals surface area contributed by atoms with Crippen molar-refractivity contribution in [3.63, 3.8) is 0 Å². The maximum Gasteiger partial charge on any atom is 0.220 e. The van der Waals surface area contributed by atoms with Crippen molar-refractivity contribution in [2.45, 2.75) is 25.8 Å². The number of rotatable bonds is 5. The first-order valence-corrected chi connectivity index (χ1v) is 5.94. The minimum atomic E-state index is -0.101. The molecule has 0 aliphatic carbocycles. The van der Waals surface area contributed by atoms with Gasteiger partial charge in [0.05, 0.1) is 6.04 Å². The molecule has 0 spiro atoms. The van der Waals surface area contributed by atoms with E-state index in [0.29, 0.717) is 12.8 Å². The Labute approximate surface area is 106 Å². The summed E-state index contributed by atoms with van der Waals surface area (Å²) in [6, 6.07) is 5.61. The Hall–Kier alpha value is -2.17. The molecule has 2 heterocycles. The Bertz CT molecular complexity index is 481. The molecule has 1 atom stereocenters. The van der Waals surface area contributed by atoms with Crippen LogP contribution in [0.1, 0.15) is 30.9 Å². The predicted octanol–water partition coefficient (Wildman–Crippen LogP) is 1.61. The van der Waals surface area contributed by atoms with Gasteiger partial charge in [-0.3, -0.25) is 9.78 Å². The first-order valence-electron chi connectivity index (χ1n) is 5.94. The Morgan fingerprint density at radius 2 is 2.28 bits per heavy atom. The summed E-state index contributed by atoms with van der Waals surface area (Å²) in [6.45, 7) is 1.90. The van der Waals surface area contributed by atoms with Gasteiger partial charge in [-0.1, -0.05) is 6.07 Å². The first-order chi connectivity index (χ1) is 8.75. The summed E-state index contributed by atoms with van der Waals surface area (Å²) < 4.78 is 0. The topological polar surface area (TPSA) is 70.7 Å². The van der Waals surface area contributed by atoms with Crippen molar-refractivity contribution in [2.75, 3.05) is 0 Å². The van der Waals surface area contributed by atoms with Gasteiger partial charge in [0, 0.05) is 30.7 Å². The van der Waals surface area contributed by atoms with Crippen LogP contribution < -0.4 is 5.32 Å². The van der Waals surface area contributed by atoms with E-state index in [-0.39, 0.29) is 11.9 Å². The molecule has 0 aromatic carbocycles. The lowest BCUT2D eigenvalue weighted by atomic mass is 10.2. The van der Waals surface area contributed by atoms with Crippen LogP contribution in [0.3, 0.4) is 0 Å². The zero-order valence-electron chi connectivity index (χ0n) is 10.3. The highest BCUT2D eigenvalue weighted by atomic mass is 16.1. The maximum absolute atomic E-state index is 11.7. The fourth-order valence-corrected chi connectivity index (χ4v) is 1.68. The predicted molar refractivity (Wildman–Crippen MR) is 67.7 cm³/mol. The van der Waals surface area contributed by atoms with Gasteiger partial charge < -0.3 is 10.3 Å². The highest BCUT2D eigenvalue weighted by molar-refractivity contribution is 5.76. The molecule has 94 valence electrons. The van der Waals surface area contributed by atoms with Crippen molar-refractivity contribution >= 4 is 5.91 Å². The number of hydrogen-bond acceptors (Lipinski definition) is 3. The molecule has 0 aliphatic rings. The molecule has 5 heteroatoms. The number of H-pyrrole nitrogens is 1. The average molecular weight is 244 g/mol. The molecule has 18 heavy (non-hydrogen) atoms. The van der Waals surface area contributed by atoms with Crippen molar-refractivity contribution in [3.05, 3.63) is 48.3 Å². The molecule has 1 unspecified atom stereocenters. The summed E-state index contributed by atoms with van der Waals surface area (Å²) in [5.41, 5.74) is 0.929. The summed E-state index contributed by atoms with van der Waals surface area (Å²) in [6.07, 6.45) is 6.23. The number of aromatic nitrogens is 3. The number of nitrogens with one attached hydrogen (secondary N) is 2. The second-order valence-corrected chi connectivity index (χ2v) is 4.08. The van der Waals surface area contributed by atoms with E-state index in [2.05, 4.69) is 20.3 Å². The number of carbonyl (C=O) groups excluding carboxylic acids is 1. The molecular formula is C13H16N4O. The quantitative estimate of drug-likeness (QED) is 0.839. The number of aromatic amines is 1. The Morgan fingerprint density at radius 3 is 2.94 bits per heavy atom. The molecule has 0 saturated heterocycles. The molecule has 0 bridgehead atoms. The van der Waals surface area contributed by atoms with Crippen molar-refractivity contribution in [2.24, 2.45) is 0 Å². The van der Waals surface area contributed by atoms with Crippen molar-refractivity contribution < 1.29 is 4.79 Å². The standard InChI is InChI=1S/C13H16N4O/c1-10(13-15-8-9-16-13)17-12(18)6-5-11-4-2-3-7-14-11/h2-4,7-10H,5-6H2,1H3,(H,15,16)(H,17,18). The monoisotopic (exact) mass is 244 g/mol. The van der Waals surface area contributed by atoms with Crippen LogP contribution in [-0.2, 0) is 11.2 Å². The molecule has 0 aliphatic heterocycles. The highest BCUT2D eigenvalue weighted by Crippen LogP contribution is 2.06. The van der Waals surface area contributed by atoms with Gasteiger partial charge >= 0.3 is 0 Å². The lowest BCUT2D eigenvalue weighted by Crippen LogP contribution is -2.27. The van der Waals surface area contributed by atoms with Crippen LogP contribution in [0.15, 0.2) is 36.8 Å². The average Bonchev–Trinajstić information content (AvgIpc) is 2.91. The van der Waals surface area contributed by atoms with Crippen LogP contribution in [0.25, 0.3) is 0 Å². The zero-order chi connectivity index (χ0) is 12.8. The van der Waals surface area contributed by atoms with Crippen molar-refractivity contribution in [1.82, 2.24) is 20.3 Å². The third kappa shape index (κ3) is 3.41. The summed E-state index contributed by atoms with van der Waals surface area (Å²) in [5, 5.41) is 2.89. The van der Waals surface area contributed by atoms with Gasteiger partial charge in [-0.2, -0.15) is 0 Å². The minimum absolute atomic E-state index is 0.00422. The third-order valence-electron chi connectivity index (χ3n) is 2.64. The number of aryl methyl sites for hydroxylation is 1. The molecule has 2 N–H and O–H groups in total. The van der Waals surface area contributed by atoms with E-state index in [0.717, 1.165) is 11.5 Å². The van der Waals surface area contributed by atoms with Gasteiger partial charge in [0.2, 0.25) is 5.91 Å². The normalized spacial score (nSPS) is 12.1. The SMILES string of the molecule is CC(NC(=O)CCc1ccccn1)c1ncc[nH]1. The van der Waals surface area contributed by atoms with Crippen LogP contribution in [0.5, 0.6) is 0 Å². The van der Waals surface area contributed by atoms with Crippen molar-refractivity contribution in [1.29, 1.82) is 0 Å². The van der Waals surface area contributed by atoms with E-state index < -0.39 is 0 Å². The number of nitrogens with zero attached hydrogens (tertiary/aromatic N) is 2. The lowest BCUT2D eigenvalue weighted by Gasteiger charge is -2.11. The number of carbonyl (C=O) groups is 1. The fourth-order valence-electron chi connectivity index (χ4n) is 1.68. The maximum atomic E-state index is 11.7. The fraction of sp³-hybridized carbons (Fsp3) is 0.308. The van der Waals surface area contributed by atoms with E-state index in [1.54, 1.807) is 18.6 Å². The molecule has 0 radical (unpaired) electrons. The van der Waals surface area contributed by atoms with Crippen LogP contribution in [0, 0.1) is 0 Å². The smallest absolute Gasteiger partial charge is 0.220 e. The zero-order valence-corrected chi connectivity index (χ0v) is 10.3. The molecule has 2 aromatic rings. The number of hydrogen-bond donors (Lipinski definition) is 2. The van der Waals surface area contributed by atoms with Gasteiger partial charge in [-0.15, -0.1) is 0 Å². The van der Waals surface area contributed by atoms with Crippen LogP contribution in [0.4, 0.5) is 0 Å². The van der Waals surface area contributed by atoms with E-state index in [1.165, 1.54) is 0 Å². The van der Waals surface area contributed by atoms with Gasteiger partial charge in [-0.25, -0.2) is 4.98 Å². The van der Waals surface area contributed by atoms with Gasteiger partial charge in [0.25, 0.3) is 0 Å². The second-order valence-electron chi connectivity index (χ2n) is 4.08. The van der Waals surface area contributed by atoms with Crippen molar-refractivity contribution in [3.8, 4) is 0 Å². The Morgan fingerprint density at radius 1 is 1.39 bits per heavy atom. The van der Waals surface area contributed by atoms with Crippen LogP contribution in [0.2, 0.25) is 0 Å². The molecule has 2 aromatic heterocycles. The molecule has 0 saturated carbocycles. The molecule has 1 amide bonds. The second kappa shape index (κ2) is 5.95. The Kier molecular flexibility index (Phi) is 4.06.